The lowest BCUT2D eigenvalue weighted by molar-refractivity contribution is -0.323. The van der Waals surface area contributed by atoms with Gasteiger partial charge in [0.2, 0.25) is 0 Å². The quantitative estimate of drug-likeness (QED) is 0.609. The molecule has 0 aromatic heterocycles. The van der Waals surface area contributed by atoms with E-state index in [2.05, 4.69) is 16.3 Å². The zero-order valence-electron chi connectivity index (χ0n) is 9.61. The number of unbranched alkanes of at least 4 members (excludes halogenated alkanes) is 3. The molecule has 0 radical (unpaired) electrons. The van der Waals surface area contributed by atoms with E-state index in [9.17, 15) is 13.2 Å². The van der Waals surface area contributed by atoms with E-state index in [1.807, 2.05) is 11.8 Å². The van der Waals surface area contributed by atoms with Crippen molar-refractivity contribution in [2.24, 2.45) is 0 Å². The Balaban J connectivity index is 2.99. The fourth-order valence-electron chi connectivity index (χ4n) is 1.21. The van der Waals surface area contributed by atoms with Gasteiger partial charge >= 0.3 is 6.36 Å². The van der Waals surface area contributed by atoms with Crippen LogP contribution in [0.5, 0.6) is 0 Å². The molecule has 1 N–H and O–H groups in total. The van der Waals surface area contributed by atoms with Crippen molar-refractivity contribution in [2.75, 3.05) is 31.7 Å². The van der Waals surface area contributed by atoms with Gasteiger partial charge in [-0.25, -0.2) is 0 Å². The lowest BCUT2D eigenvalue weighted by Gasteiger charge is -2.08. The van der Waals surface area contributed by atoms with Gasteiger partial charge in [0.15, 0.2) is 0 Å². The molecule has 0 atom stereocenters. The third kappa shape index (κ3) is 14.1. The topological polar surface area (TPSA) is 21.3 Å². The molecule has 0 unspecified atom stereocenters. The van der Waals surface area contributed by atoms with Crippen molar-refractivity contribution in [1.29, 1.82) is 0 Å². The van der Waals surface area contributed by atoms with Gasteiger partial charge in [0.05, 0.1) is 6.61 Å². The molecule has 0 aliphatic carbocycles. The molecule has 0 rings (SSSR count). The normalized spacial score (nSPS) is 12.0. The van der Waals surface area contributed by atoms with Gasteiger partial charge in [0, 0.05) is 6.54 Å². The molecule has 0 bridgehead atoms. The fourth-order valence-corrected chi connectivity index (χ4v) is 1.71. The Kier molecular flexibility index (Phi) is 10.3. The third-order valence-corrected chi connectivity index (χ3v) is 2.69. The molecule has 0 amide bonds. The summed E-state index contributed by atoms with van der Waals surface area (Å²) in [6, 6.07) is 0. The van der Waals surface area contributed by atoms with Crippen LogP contribution < -0.4 is 5.32 Å². The zero-order valence-corrected chi connectivity index (χ0v) is 10.4. The molecule has 0 saturated carbocycles. The van der Waals surface area contributed by atoms with Crippen LogP contribution in [0.2, 0.25) is 0 Å². The van der Waals surface area contributed by atoms with Gasteiger partial charge in [0.25, 0.3) is 0 Å². The summed E-state index contributed by atoms with van der Waals surface area (Å²) >= 11 is 1.84. The maximum atomic E-state index is 11.6. The highest BCUT2D eigenvalue weighted by atomic mass is 32.2. The molecule has 0 aromatic rings. The van der Waals surface area contributed by atoms with E-state index in [1.165, 1.54) is 18.6 Å². The highest BCUT2D eigenvalue weighted by molar-refractivity contribution is 7.98. The van der Waals surface area contributed by atoms with E-state index < -0.39 is 6.36 Å². The summed E-state index contributed by atoms with van der Waals surface area (Å²) in [7, 11) is 0. The Labute approximate surface area is 99.3 Å². The molecule has 0 aromatic carbocycles. The minimum atomic E-state index is -4.50. The third-order valence-electron chi connectivity index (χ3n) is 2.00. The van der Waals surface area contributed by atoms with Crippen LogP contribution in [0.1, 0.15) is 25.7 Å². The van der Waals surface area contributed by atoms with E-state index >= 15 is 0 Å². The number of alkyl halides is 3. The van der Waals surface area contributed by atoms with E-state index in [0.29, 0.717) is 0 Å². The van der Waals surface area contributed by atoms with Crippen molar-refractivity contribution in [1.82, 2.24) is 5.32 Å². The number of nitrogens with one attached hydrogen (secondary N) is 1. The molecule has 0 heterocycles. The Hall–Kier alpha value is 0.0600. The number of hydrogen-bond donors (Lipinski definition) is 1. The Bertz CT molecular complexity index is 155. The summed E-state index contributed by atoms with van der Waals surface area (Å²) in [6.45, 7) is 0.709. The summed E-state index contributed by atoms with van der Waals surface area (Å²) in [5, 5.41) is 2.92. The SMILES string of the molecule is CSCCCCCCNCCOC(F)(F)F. The van der Waals surface area contributed by atoms with E-state index in [4.69, 9.17) is 0 Å². The van der Waals surface area contributed by atoms with Crippen LogP contribution in [0, 0.1) is 0 Å². The lowest BCUT2D eigenvalue weighted by atomic mass is 10.2. The molecule has 0 fully saturated rings. The zero-order chi connectivity index (χ0) is 12.3. The van der Waals surface area contributed by atoms with Gasteiger partial charge in [-0.1, -0.05) is 12.8 Å². The Morgan fingerprint density at radius 3 is 2.38 bits per heavy atom. The van der Waals surface area contributed by atoms with Gasteiger partial charge in [-0.05, 0) is 31.4 Å². The number of thioether (sulfide) groups is 1. The standard InChI is InChI=1S/C10H20F3NOS/c1-16-9-5-3-2-4-6-14-7-8-15-10(11,12)13/h14H,2-9H2,1H3. The van der Waals surface area contributed by atoms with Crippen molar-refractivity contribution in [2.45, 2.75) is 32.0 Å². The maximum Gasteiger partial charge on any atom is 0.522 e. The highest BCUT2D eigenvalue weighted by Gasteiger charge is 2.28. The predicted octanol–water partition coefficient (Wildman–Crippen LogP) is 3.04. The first-order chi connectivity index (χ1) is 7.56. The van der Waals surface area contributed by atoms with Crippen LogP contribution in [0.15, 0.2) is 0 Å². The van der Waals surface area contributed by atoms with Crippen molar-refractivity contribution in [3.8, 4) is 0 Å². The summed E-state index contributed by atoms with van der Waals surface area (Å²) in [6.07, 6.45) is 2.15. The lowest BCUT2D eigenvalue weighted by Crippen LogP contribution is -2.24. The maximum absolute atomic E-state index is 11.6. The van der Waals surface area contributed by atoms with Gasteiger partial charge in [-0.15, -0.1) is 13.2 Å². The van der Waals surface area contributed by atoms with Gasteiger partial charge < -0.3 is 5.32 Å². The van der Waals surface area contributed by atoms with Gasteiger partial charge in [0.1, 0.15) is 0 Å². The van der Waals surface area contributed by atoms with Crippen LogP contribution in [0.3, 0.4) is 0 Å². The van der Waals surface area contributed by atoms with E-state index in [1.54, 1.807) is 0 Å². The molecular formula is C10H20F3NOS. The van der Waals surface area contributed by atoms with Crippen molar-refractivity contribution >= 4 is 11.8 Å². The summed E-state index contributed by atoms with van der Waals surface area (Å²) in [5.41, 5.74) is 0. The number of halogens is 3. The first-order valence-electron chi connectivity index (χ1n) is 5.46. The monoisotopic (exact) mass is 259 g/mol. The largest absolute Gasteiger partial charge is 0.522 e. The number of hydrogen-bond acceptors (Lipinski definition) is 3. The summed E-state index contributed by atoms with van der Waals surface area (Å²) in [4.78, 5) is 0. The first-order valence-corrected chi connectivity index (χ1v) is 6.86. The van der Waals surface area contributed by atoms with Crippen LogP contribution in [0.25, 0.3) is 0 Å². The molecule has 2 nitrogen and oxygen atoms in total. The average molecular weight is 259 g/mol. The Morgan fingerprint density at radius 2 is 1.75 bits per heavy atom. The molecule has 0 spiro atoms. The summed E-state index contributed by atoms with van der Waals surface area (Å²) in [5.74, 6) is 1.19. The smallest absolute Gasteiger partial charge is 0.314 e. The van der Waals surface area contributed by atoms with Crippen LogP contribution in [-0.2, 0) is 4.74 Å². The molecule has 6 heteroatoms. The molecule has 0 aliphatic heterocycles. The molecular weight excluding hydrogens is 239 g/mol. The van der Waals surface area contributed by atoms with Gasteiger partial charge in [-0.2, -0.15) is 11.8 Å². The second-order valence-electron chi connectivity index (χ2n) is 3.45. The predicted molar refractivity (Wildman–Crippen MR) is 61.7 cm³/mol. The molecule has 0 aliphatic rings. The van der Waals surface area contributed by atoms with E-state index in [-0.39, 0.29) is 13.2 Å². The first kappa shape index (κ1) is 16.1. The van der Waals surface area contributed by atoms with Crippen LogP contribution >= 0.6 is 11.8 Å². The van der Waals surface area contributed by atoms with E-state index in [0.717, 1.165) is 19.4 Å². The van der Waals surface area contributed by atoms with Crippen molar-refractivity contribution in [3.63, 3.8) is 0 Å². The molecule has 0 saturated heterocycles. The fraction of sp³-hybridized carbons (Fsp3) is 1.00. The molecule has 98 valence electrons. The minimum absolute atomic E-state index is 0.254. The van der Waals surface area contributed by atoms with Crippen molar-refractivity contribution < 1.29 is 17.9 Å². The van der Waals surface area contributed by atoms with Crippen molar-refractivity contribution in [3.05, 3.63) is 0 Å². The minimum Gasteiger partial charge on any atom is -0.314 e. The van der Waals surface area contributed by atoms with Crippen LogP contribution in [0.4, 0.5) is 13.2 Å². The van der Waals surface area contributed by atoms with Gasteiger partial charge in [-0.3, -0.25) is 4.74 Å². The second kappa shape index (κ2) is 10.2. The number of rotatable bonds is 10. The number of ether oxygens (including phenoxy) is 1. The Morgan fingerprint density at radius 1 is 1.06 bits per heavy atom. The van der Waals surface area contributed by atoms with Crippen LogP contribution in [-0.4, -0.2) is 38.1 Å². The molecule has 16 heavy (non-hydrogen) atoms. The highest BCUT2D eigenvalue weighted by Crippen LogP contribution is 2.15. The second-order valence-corrected chi connectivity index (χ2v) is 4.44. The summed E-state index contributed by atoms with van der Waals surface area (Å²) < 4.78 is 38.3. The average Bonchev–Trinajstić information content (AvgIpc) is 2.19.